The summed E-state index contributed by atoms with van der Waals surface area (Å²) in [6.45, 7) is 3.66. The summed E-state index contributed by atoms with van der Waals surface area (Å²) in [6.07, 6.45) is 4.38. The van der Waals surface area contributed by atoms with Crippen LogP contribution < -0.4 is 10.6 Å². The highest BCUT2D eigenvalue weighted by molar-refractivity contribution is 5.93. The number of furan rings is 1. The van der Waals surface area contributed by atoms with E-state index in [4.69, 9.17) is 14.0 Å². The summed E-state index contributed by atoms with van der Waals surface area (Å²) >= 11 is 0. The van der Waals surface area contributed by atoms with Crippen LogP contribution in [-0.2, 0) is 30.6 Å². The van der Waals surface area contributed by atoms with E-state index in [9.17, 15) is 24.0 Å². The molecule has 0 fully saturated rings. The van der Waals surface area contributed by atoms with Gasteiger partial charge in [0.05, 0.1) is 24.2 Å². The first-order valence-electron chi connectivity index (χ1n) is 15.7. The van der Waals surface area contributed by atoms with Gasteiger partial charge in [-0.2, -0.15) is 0 Å². The van der Waals surface area contributed by atoms with Crippen LogP contribution in [-0.4, -0.2) is 73.5 Å². The molecular formula is C35H44N4O8. The summed E-state index contributed by atoms with van der Waals surface area (Å²) in [7, 11) is 3.14. The molecule has 0 saturated heterocycles. The van der Waals surface area contributed by atoms with Gasteiger partial charge < -0.3 is 24.7 Å². The minimum Gasteiger partial charge on any atom is -0.452 e. The zero-order chi connectivity index (χ0) is 34.2. The van der Waals surface area contributed by atoms with Gasteiger partial charge in [-0.15, -0.1) is 0 Å². The predicted molar refractivity (Wildman–Crippen MR) is 174 cm³/mol. The van der Waals surface area contributed by atoms with E-state index in [1.165, 1.54) is 28.2 Å². The molecule has 0 saturated carbocycles. The third kappa shape index (κ3) is 11.1. The molecule has 2 unspecified atom stereocenters. The molecule has 0 aliphatic carbocycles. The van der Waals surface area contributed by atoms with Gasteiger partial charge in [0.15, 0.2) is 12.4 Å². The smallest absolute Gasteiger partial charge is 0.338 e. The Bertz CT molecular complexity index is 1460. The maximum Gasteiger partial charge on any atom is 0.338 e. The fourth-order valence-corrected chi connectivity index (χ4v) is 4.84. The maximum atomic E-state index is 13.4. The number of carbonyl (C=O) groups is 5. The molecule has 1 aromatic heterocycles. The van der Waals surface area contributed by atoms with E-state index in [0.29, 0.717) is 30.6 Å². The average Bonchev–Trinajstić information content (AvgIpc) is 3.59. The average molecular weight is 649 g/mol. The molecule has 12 nitrogen and oxygen atoms in total. The quantitative estimate of drug-likeness (QED) is 0.0632. The van der Waals surface area contributed by atoms with E-state index in [-0.39, 0.29) is 43.0 Å². The van der Waals surface area contributed by atoms with Gasteiger partial charge in [-0.25, -0.2) is 9.86 Å². The zero-order valence-corrected chi connectivity index (χ0v) is 27.4. The van der Waals surface area contributed by atoms with Crippen molar-refractivity contribution in [1.29, 1.82) is 0 Å². The maximum absolute atomic E-state index is 13.4. The van der Waals surface area contributed by atoms with Crippen LogP contribution in [0.5, 0.6) is 0 Å². The van der Waals surface area contributed by atoms with E-state index in [1.54, 1.807) is 32.3 Å². The first-order chi connectivity index (χ1) is 22.7. The molecule has 0 aliphatic heterocycles. The molecule has 0 bridgehead atoms. The number of ether oxygens (including phenoxy) is 1. The van der Waals surface area contributed by atoms with E-state index in [1.807, 2.05) is 37.3 Å². The summed E-state index contributed by atoms with van der Waals surface area (Å²) < 4.78 is 10.7. The summed E-state index contributed by atoms with van der Waals surface area (Å²) in [5.41, 5.74) is 1.78. The number of likely N-dealkylation sites (N-methyl/N-ethyl adjacent to an activating group) is 1. The normalized spacial score (nSPS) is 12.0. The lowest BCUT2D eigenvalue weighted by Crippen LogP contribution is -2.48. The fourth-order valence-electron chi connectivity index (χ4n) is 4.84. The van der Waals surface area contributed by atoms with Gasteiger partial charge in [0.1, 0.15) is 12.4 Å². The van der Waals surface area contributed by atoms with Crippen molar-refractivity contribution >= 4 is 30.1 Å². The van der Waals surface area contributed by atoms with Crippen molar-refractivity contribution in [2.45, 2.75) is 58.6 Å². The van der Waals surface area contributed by atoms with Gasteiger partial charge in [0, 0.05) is 19.7 Å². The summed E-state index contributed by atoms with van der Waals surface area (Å²) in [5.74, 6) is -1.91. The first-order valence-corrected chi connectivity index (χ1v) is 15.7. The highest BCUT2D eigenvalue weighted by Crippen LogP contribution is 2.24. The van der Waals surface area contributed by atoms with Crippen LogP contribution in [0, 0.1) is 5.92 Å². The molecule has 2 aromatic carbocycles. The lowest BCUT2D eigenvalue weighted by Gasteiger charge is -2.32. The molecule has 2 atom stereocenters. The molecule has 3 rings (SSSR count). The largest absolute Gasteiger partial charge is 0.452 e. The molecule has 4 amide bonds. The molecule has 2 N–H and O–H groups in total. The molecule has 12 heteroatoms. The Morgan fingerprint density at radius 3 is 2.28 bits per heavy atom. The second-order valence-corrected chi connectivity index (χ2v) is 11.1. The lowest BCUT2D eigenvalue weighted by atomic mass is 9.90. The van der Waals surface area contributed by atoms with Crippen molar-refractivity contribution in [3.8, 4) is 11.3 Å². The fraction of sp³-hybridized carbons (Fsp3) is 0.400. The van der Waals surface area contributed by atoms with Crippen LogP contribution >= 0.6 is 0 Å². The Morgan fingerprint density at radius 2 is 1.64 bits per heavy atom. The minimum absolute atomic E-state index is 0.0345. The van der Waals surface area contributed by atoms with E-state index in [0.717, 1.165) is 24.8 Å². The molecular weight excluding hydrogens is 604 g/mol. The molecule has 1 heterocycles. The Hall–Kier alpha value is -4.97. The van der Waals surface area contributed by atoms with Crippen molar-refractivity contribution in [3.05, 3.63) is 83.6 Å². The number of nitrogens with zero attached hydrogens (tertiary/aromatic N) is 2. The predicted octanol–water partition coefficient (Wildman–Crippen LogP) is 4.56. The second-order valence-electron chi connectivity index (χ2n) is 11.1. The highest BCUT2D eigenvalue weighted by Gasteiger charge is 2.32. The van der Waals surface area contributed by atoms with Gasteiger partial charge in [-0.1, -0.05) is 75.6 Å². The Morgan fingerprint density at radius 1 is 0.915 bits per heavy atom. The first kappa shape index (κ1) is 36.5. The van der Waals surface area contributed by atoms with Crippen molar-refractivity contribution in [2.24, 2.45) is 5.92 Å². The number of carbonyl (C=O) groups excluding carboxylic acids is 5. The molecule has 47 heavy (non-hydrogen) atoms. The van der Waals surface area contributed by atoms with E-state index >= 15 is 0 Å². The molecule has 0 spiro atoms. The van der Waals surface area contributed by atoms with Crippen LogP contribution in [0.1, 0.15) is 72.4 Å². The van der Waals surface area contributed by atoms with Crippen molar-refractivity contribution in [1.82, 2.24) is 20.6 Å². The van der Waals surface area contributed by atoms with Crippen molar-refractivity contribution < 1.29 is 38.0 Å². The van der Waals surface area contributed by atoms with Crippen LogP contribution in [0.15, 0.2) is 71.1 Å². The number of hydrogen-bond acceptors (Lipinski definition) is 8. The standard InChI is InChI=1S/C35H44N4O8/c1-5-7-9-14-28(29(6-2)39(24-40)46-21-25-12-10-8-11-13-25)33(42)36-23-37-34(43)31-20-19-30(47-31)26-15-17-27(18-16-26)35(44)45-22-32(41)38(3)4/h8,10-13,15-20,24,28-29H,5-7,9,14,21-23H2,1-4H3,(H,36,42)(H,37,43). The third-order valence-electron chi connectivity index (χ3n) is 7.56. The van der Waals surface area contributed by atoms with Crippen molar-refractivity contribution in [3.63, 3.8) is 0 Å². The van der Waals surface area contributed by atoms with Crippen LogP contribution in [0.25, 0.3) is 11.3 Å². The SMILES string of the molecule is CCCCCC(C(=O)NCNC(=O)c1ccc(-c2ccc(C(=O)OCC(=O)N(C)C)cc2)o1)C(CC)N(C=O)OCc1ccccc1. The number of benzene rings is 2. The molecule has 0 aliphatic rings. The van der Waals surface area contributed by atoms with Gasteiger partial charge >= 0.3 is 5.97 Å². The summed E-state index contributed by atoms with van der Waals surface area (Å²) in [6, 6.07) is 18.4. The van der Waals surface area contributed by atoms with Gasteiger partial charge in [0.25, 0.3) is 11.8 Å². The van der Waals surface area contributed by atoms with E-state index in [2.05, 4.69) is 17.6 Å². The Labute approximate surface area is 275 Å². The van der Waals surface area contributed by atoms with Gasteiger partial charge in [0.2, 0.25) is 12.3 Å². The highest BCUT2D eigenvalue weighted by atomic mass is 16.7. The zero-order valence-electron chi connectivity index (χ0n) is 27.4. The van der Waals surface area contributed by atoms with Crippen LogP contribution in [0.4, 0.5) is 0 Å². The number of unbranched alkanes of at least 4 members (excludes halogenated alkanes) is 2. The van der Waals surface area contributed by atoms with E-state index < -0.39 is 23.8 Å². The van der Waals surface area contributed by atoms with Crippen LogP contribution in [0.3, 0.4) is 0 Å². The third-order valence-corrected chi connectivity index (χ3v) is 7.56. The molecule has 3 aromatic rings. The number of rotatable bonds is 19. The van der Waals surface area contributed by atoms with Crippen molar-refractivity contribution in [2.75, 3.05) is 27.4 Å². The Balaban J connectivity index is 1.57. The van der Waals surface area contributed by atoms with Gasteiger partial charge in [-0.3, -0.25) is 24.0 Å². The topological polar surface area (TPSA) is 147 Å². The monoisotopic (exact) mass is 648 g/mol. The lowest BCUT2D eigenvalue weighted by molar-refractivity contribution is -0.200. The summed E-state index contributed by atoms with van der Waals surface area (Å²) in [4.78, 5) is 69.3. The second kappa shape index (κ2) is 18.9. The Kier molecular flexibility index (Phi) is 14.7. The number of hydroxylamine groups is 2. The number of nitrogens with one attached hydrogen (secondary N) is 2. The van der Waals surface area contributed by atoms with Gasteiger partial charge in [-0.05, 0) is 42.7 Å². The summed E-state index contributed by atoms with van der Waals surface area (Å²) in [5, 5.41) is 6.66. The molecule has 252 valence electrons. The minimum atomic E-state index is -0.634. The number of amides is 4. The number of esters is 1. The molecule has 0 radical (unpaired) electrons. The number of hydrogen-bond donors (Lipinski definition) is 2. The van der Waals surface area contributed by atoms with Crippen LogP contribution in [0.2, 0.25) is 0 Å².